The summed E-state index contributed by atoms with van der Waals surface area (Å²) in [6.07, 6.45) is 1.64. The first-order chi connectivity index (χ1) is 14.5. The zero-order chi connectivity index (χ0) is 21.3. The van der Waals surface area contributed by atoms with Gasteiger partial charge in [0.05, 0.1) is 17.7 Å². The molecule has 3 N–H and O–H groups in total. The number of ether oxygens (including phenoxy) is 1. The number of amides is 2. The van der Waals surface area contributed by atoms with Crippen LogP contribution in [0, 0.1) is 11.3 Å². The fourth-order valence-corrected chi connectivity index (χ4v) is 4.62. The topological polar surface area (TPSA) is 114 Å². The molecule has 30 heavy (non-hydrogen) atoms. The molecule has 152 valence electrons. The molecule has 2 amide bonds. The number of nitrogens with zero attached hydrogens (tertiary/aromatic N) is 3. The molecule has 0 bridgehead atoms. The molecule has 0 unspecified atom stereocenters. The van der Waals surface area contributed by atoms with Crippen molar-refractivity contribution in [2.75, 3.05) is 0 Å². The molecular weight excluding hydrogens is 398 g/mol. The van der Waals surface area contributed by atoms with Crippen LogP contribution in [-0.2, 0) is 6.42 Å². The first-order valence-electron chi connectivity index (χ1n) is 9.69. The molecule has 4 rings (SSSR count). The molecule has 2 aromatic carbocycles. The molecule has 3 aromatic rings. The lowest BCUT2D eigenvalue weighted by atomic mass is 10.0. The lowest BCUT2D eigenvalue weighted by Crippen LogP contribution is -2.32. The summed E-state index contributed by atoms with van der Waals surface area (Å²) in [6.45, 7) is 3.85. The summed E-state index contributed by atoms with van der Waals surface area (Å²) < 4.78 is 5.70. The molecule has 0 spiro atoms. The van der Waals surface area contributed by atoms with Gasteiger partial charge in [0.1, 0.15) is 21.8 Å². The van der Waals surface area contributed by atoms with Gasteiger partial charge < -0.3 is 15.8 Å². The fraction of sp³-hybridized carbons (Fsp3) is 0.273. The monoisotopic (exact) mass is 419 g/mol. The molecule has 0 saturated carbocycles. The van der Waals surface area contributed by atoms with Gasteiger partial charge in [-0.05, 0) is 56.0 Å². The number of carbonyl (C=O) groups is 1. The van der Waals surface area contributed by atoms with Crippen molar-refractivity contribution in [2.45, 2.75) is 38.8 Å². The van der Waals surface area contributed by atoms with Crippen molar-refractivity contribution in [3.8, 4) is 33.0 Å². The Bertz CT molecular complexity index is 1150. The first-order valence-corrected chi connectivity index (χ1v) is 10.5. The number of nitrogens with one attached hydrogen (secondary N) is 1. The van der Waals surface area contributed by atoms with Gasteiger partial charge in [0.25, 0.3) is 0 Å². The molecule has 8 heteroatoms. The number of hydrogen-bond donors (Lipinski definition) is 2. The van der Waals surface area contributed by atoms with Gasteiger partial charge in [-0.2, -0.15) is 5.26 Å². The molecule has 0 radical (unpaired) electrons. The van der Waals surface area contributed by atoms with E-state index < -0.39 is 6.03 Å². The Morgan fingerprint density at radius 1 is 1.30 bits per heavy atom. The molecule has 0 saturated heterocycles. The lowest BCUT2D eigenvalue weighted by Gasteiger charge is -2.12. The Labute approximate surface area is 178 Å². The number of fused-ring (bicyclic) bond motifs is 1. The van der Waals surface area contributed by atoms with Crippen molar-refractivity contribution in [1.82, 2.24) is 15.5 Å². The maximum atomic E-state index is 11.3. The van der Waals surface area contributed by atoms with Crippen LogP contribution < -0.4 is 15.8 Å². The highest BCUT2D eigenvalue weighted by molar-refractivity contribution is 7.17. The molecule has 1 atom stereocenters. The van der Waals surface area contributed by atoms with Crippen LogP contribution in [0.1, 0.15) is 43.0 Å². The van der Waals surface area contributed by atoms with E-state index in [1.807, 2.05) is 38.1 Å². The van der Waals surface area contributed by atoms with Crippen LogP contribution in [0.5, 0.6) is 5.75 Å². The largest absolute Gasteiger partial charge is 0.490 e. The summed E-state index contributed by atoms with van der Waals surface area (Å²) in [5, 5.41) is 22.6. The minimum atomic E-state index is -0.519. The van der Waals surface area contributed by atoms with Crippen LogP contribution in [0.3, 0.4) is 0 Å². The first kappa shape index (κ1) is 19.9. The van der Waals surface area contributed by atoms with E-state index in [9.17, 15) is 10.1 Å². The van der Waals surface area contributed by atoms with Crippen LogP contribution in [0.2, 0.25) is 0 Å². The van der Waals surface area contributed by atoms with Crippen molar-refractivity contribution >= 4 is 17.4 Å². The molecule has 0 aliphatic heterocycles. The van der Waals surface area contributed by atoms with Crippen LogP contribution >= 0.6 is 11.3 Å². The van der Waals surface area contributed by atoms with E-state index in [0.717, 1.165) is 45.1 Å². The third-order valence-electron chi connectivity index (χ3n) is 4.95. The Balaban J connectivity index is 1.66. The Kier molecular flexibility index (Phi) is 5.38. The number of carbonyl (C=O) groups excluding carboxylic acids is 1. The van der Waals surface area contributed by atoms with Gasteiger partial charge in [0.2, 0.25) is 0 Å². The third kappa shape index (κ3) is 3.84. The van der Waals surface area contributed by atoms with E-state index in [1.165, 1.54) is 11.3 Å². The van der Waals surface area contributed by atoms with Gasteiger partial charge >= 0.3 is 6.03 Å². The fourth-order valence-electron chi connectivity index (χ4n) is 3.73. The lowest BCUT2D eigenvalue weighted by molar-refractivity contribution is 0.241. The maximum absolute atomic E-state index is 11.3. The van der Waals surface area contributed by atoms with Gasteiger partial charge in [-0.15, -0.1) is 10.2 Å². The molecule has 0 fully saturated rings. The van der Waals surface area contributed by atoms with Gasteiger partial charge in [0, 0.05) is 11.1 Å². The van der Waals surface area contributed by atoms with E-state index in [1.54, 1.807) is 12.1 Å². The molecule has 1 aromatic heterocycles. The zero-order valence-electron chi connectivity index (χ0n) is 16.7. The predicted octanol–water partition coefficient (Wildman–Crippen LogP) is 4.19. The summed E-state index contributed by atoms with van der Waals surface area (Å²) in [5.41, 5.74) is 9.86. The van der Waals surface area contributed by atoms with Crippen LogP contribution in [0.25, 0.3) is 21.1 Å². The molecule has 7 nitrogen and oxygen atoms in total. The van der Waals surface area contributed by atoms with Gasteiger partial charge in [0.15, 0.2) is 0 Å². The number of primary amides is 1. The van der Waals surface area contributed by atoms with Crippen molar-refractivity contribution in [2.24, 2.45) is 5.73 Å². The van der Waals surface area contributed by atoms with Crippen molar-refractivity contribution in [3.63, 3.8) is 0 Å². The Morgan fingerprint density at radius 2 is 2.10 bits per heavy atom. The number of urea groups is 1. The summed E-state index contributed by atoms with van der Waals surface area (Å²) in [5.74, 6) is 0.565. The highest BCUT2D eigenvalue weighted by Gasteiger charge is 2.26. The quantitative estimate of drug-likeness (QED) is 0.644. The number of nitriles is 1. The van der Waals surface area contributed by atoms with E-state index in [0.29, 0.717) is 11.3 Å². The van der Waals surface area contributed by atoms with E-state index in [-0.39, 0.29) is 12.1 Å². The number of benzene rings is 2. The predicted molar refractivity (Wildman–Crippen MR) is 115 cm³/mol. The summed E-state index contributed by atoms with van der Waals surface area (Å²) >= 11 is 1.47. The second-order valence-corrected chi connectivity index (χ2v) is 8.35. The third-order valence-corrected chi connectivity index (χ3v) is 5.96. The van der Waals surface area contributed by atoms with E-state index in [4.69, 9.17) is 10.5 Å². The second kappa shape index (κ2) is 8.13. The molecular formula is C22H21N5O2S. The zero-order valence-corrected chi connectivity index (χ0v) is 17.5. The maximum Gasteiger partial charge on any atom is 0.312 e. The van der Waals surface area contributed by atoms with Gasteiger partial charge in [-0.1, -0.05) is 29.5 Å². The van der Waals surface area contributed by atoms with Crippen LogP contribution in [-0.4, -0.2) is 22.3 Å². The standard InChI is InChI=1S/C22H21N5O2S/c1-12(2)29-19-9-6-13(10-14(19)11-23)20-26-27-21(30-20)17-5-3-4-16-15(17)7-8-18(16)25-22(24)28/h3-6,9-10,12,18H,7-8H2,1-2H3,(H3,24,25,28)/t18-/m0/s1. The highest BCUT2D eigenvalue weighted by atomic mass is 32.1. The average molecular weight is 420 g/mol. The number of aromatic nitrogens is 2. The Morgan fingerprint density at radius 3 is 2.83 bits per heavy atom. The second-order valence-electron chi connectivity index (χ2n) is 7.37. The Hall–Kier alpha value is -3.44. The van der Waals surface area contributed by atoms with Crippen LogP contribution in [0.4, 0.5) is 4.79 Å². The molecule has 1 heterocycles. The number of rotatable bonds is 5. The SMILES string of the molecule is CC(C)Oc1ccc(-c2nnc(-c3cccc4c3CC[C@@H]4NC(N)=O)s2)cc1C#N. The van der Waals surface area contributed by atoms with Gasteiger partial charge in [-0.25, -0.2) is 4.79 Å². The summed E-state index contributed by atoms with van der Waals surface area (Å²) in [6, 6.07) is 13.1. The van der Waals surface area contributed by atoms with Crippen molar-refractivity contribution in [1.29, 1.82) is 5.26 Å². The van der Waals surface area contributed by atoms with Gasteiger partial charge in [-0.3, -0.25) is 0 Å². The highest BCUT2D eigenvalue weighted by Crippen LogP contribution is 2.40. The number of hydrogen-bond acceptors (Lipinski definition) is 6. The van der Waals surface area contributed by atoms with E-state index >= 15 is 0 Å². The number of nitrogens with two attached hydrogens (primary N) is 1. The minimum absolute atomic E-state index is 0.0101. The summed E-state index contributed by atoms with van der Waals surface area (Å²) in [7, 11) is 0. The van der Waals surface area contributed by atoms with Crippen molar-refractivity contribution < 1.29 is 9.53 Å². The molecule has 1 aliphatic rings. The molecule has 1 aliphatic carbocycles. The normalized spacial score (nSPS) is 14.9. The smallest absolute Gasteiger partial charge is 0.312 e. The summed E-state index contributed by atoms with van der Waals surface area (Å²) in [4.78, 5) is 11.3. The van der Waals surface area contributed by atoms with Crippen LogP contribution in [0.15, 0.2) is 36.4 Å². The van der Waals surface area contributed by atoms with E-state index in [2.05, 4.69) is 21.6 Å². The average Bonchev–Trinajstić information content (AvgIpc) is 3.35. The minimum Gasteiger partial charge on any atom is -0.490 e. The van der Waals surface area contributed by atoms with Crippen molar-refractivity contribution in [3.05, 3.63) is 53.1 Å².